The van der Waals surface area contributed by atoms with Gasteiger partial charge in [0.2, 0.25) is 0 Å². The summed E-state index contributed by atoms with van der Waals surface area (Å²) in [6.07, 6.45) is 0.00377. The van der Waals surface area contributed by atoms with Gasteiger partial charge in [-0.2, -0.15) is 0 Å². The van der Waals surface area contributed by atoms with E-state index in [1.54, 1.807) is 13.8 Å². The lowest BCUT2D eigenvalue weighted by molar-refractivity contribution is 0.195. The molecule has 1 N–H and O–H groups in total. The summed E-state index contributed by atoms with van der Waals surface area (Å²) in [5, 5.41) is 9.16. The largest absolute Gasteiger partial charge is 0.493 e. The standard InChI is InChI=1S/C11H15FO2/c1-7-4-9(5-8(2)13)6-10(12)11(7)14-3/h4,6,8,13H,5H2,1-3H3. The van der Waals surface area contributed by atoms with E-state index in [0.717, 1.165) is 11.1 Å². The summed E-state index contributed by atoms with van der Waals surface area (Å²) in [4.78, 5) is 0. The Morgan fingerprint density at radius 2 is 2.14 bits per heavy atom. The second-order valence-electron chi connectivity index (χ2n) is 3.48. The van der Waals surface area contributed by atoms with Gasteiger partial charge in [-0.25, -0.2) is 4.39 Å². The third-order valence-corrected chi connectivity index (χ3v) is 2.02. The maximum atomic E-state index is 13.4. The zero-order valence-corrected chi connectivity index (χ0v) is 8.67. The van der Waals surface area contributed by atoms with Gasteiger partial charge in [-0.3, -0.25) is 0 Å². The molecule has 1 atom stereocenters. The van der Waals surface area contributed by atoms with Crippen LogP contribution in [0.25, 0.3) is 0 Å². The normalized spacial score (nSPS) is 12.6. The van der Waals surface area contributed by atoms with Crippen molar-refractivity contribution >= 4 is 0 Å². The average Bonchev–Trinajstić information content (AvgIpc) is 2.01. The molecule has 1 unspecified atom stereocenters. The van der Waals surface area contributed by atoms with Crippen LogP contribution >= 0.6 is 0 Å². The van der Waals surface area contributed by atoms with Gasteiger partial charge in [0, 0.05) is 0 Å². The maximum Gasteiger partial charge on any atom is 0.165 e. The minimum Gasteiger partial charge on any atom is -0.493 e. The molecule has 0 bridgehead atoms. The lowest BCUT2D eigenvalue weighted by Gasteiger charge is -2.10. The number of hydrogen-bond acceptors (Lipinski definition) is 2. The number of rotatable bonds is 3. The van der Waals surface area contributed by atoms with Crippen molar-refractivity contribution in [3.63, 3.8) is 0 Å². The monoisotopic (exact) mass is 198 g/mol. The molecule has 1 rings (SSSR count). The molecule has 1 aromatic rings. The predicted octanol–water partition coefficient (Wildman–Crippen LogP) is 2.07. The van der Waals surface area contributed by atoms with Crippen molar-refractivity contribution in [1.29, 1.82) is 0 Å². The first-order valence-corrected chi connectivity index (χ1v) is 4.55. The van der Waals surface area contributed by atoms with Gasteiger partial charge in [-0.1, -0.05) is 6.07 Å². The molecule has 0 saturated heterocycles. The Bertz CT molecular complexity index is 298. The highest BCUT2D eigenvalue weighted by molar-refractivity contribution is 5.37. The minimum absolute atomic E-state index is 0.277. The van der Waals surface area contributed by atoms with Gasteiger partial charge >= 0.3 is 0 Å². The number of ether oxygens (including phenoxy) is 1. The molecule has 0 amide bonds. The summed E-state index contributed by atoms with van der Waals surface area (Å²) in [7, 11) is 1.44. The highest BCUT2D eigenvalue weighted by Crippen LogP contribution is 2.23. The maximum absolute atomic E-state index is 13.4. The van der Waals surface area contributed by atoms with E-state index in [-0.39, 0.29) is 11.6 Å². The van der Waals surface area contributed by atoms with E-state index in [1.807, 2.05) is 6.07 Å². The van der Waals surface area contributed by atoms with Crippen LogP contribution < -0.4 is 4.74 Å². The first kappa shape index (κ1) is 11.0. The Hall–Kier alpha value is -1.09. The fourth-order valence-electron chi connectivity index (χ4n) is 1.52. The van der Waals surface area contributed by atoms with Gasteiger partial charge in [0.1, 0.15) is 0 Å². The average molecular weight is 198 g/mol. The fourth-order valence-corrected chi connectivity index (χ4v) is 1.52. The van der Waals surface area contributed by atoms with Crippen molar-refractivity contribution in [2.45, 2.75) is 26.4 Å². The van der Waals surface area contributed by atoms with Gasteiger partial charge < -0.3 is 9.84 Å². The summed E-state index contributed by atoms with van der Waals surface area (Å²) in [5.74, 6) is -0.0949. The molecule has 0 heterocycles. The molecule has 14 heavy (non-hydrogen) atoms. The highest BCUT2D eigenvalue weighted by Gasteiger charge is 2.09. The van der Waals surface area contributed by atoms with Crippen LogP contribution in [0.15, 0.2) is 12.1 Å². The molecule has 0 saturated carbocycles. The minimum atomic E-state index is -0.456. The van der Waals surface area contributed by atoms with Crippen molar-refractivity contribution in [3.8, 4) is 5.75 Å². The topological polar surface area (TPSA) is 29.5 Å². The Labute approximate surface area is 83.3 Å². The summed E-state index contributed by atoms with van der Waals surface area (Å²) < 4.78 is 18.3. The summed E-state index contributed by atoms with van der Waals surface area (Å²) >= 11 is 0. The quantitative estimate of drug-likeness (QED) is 0.805. The third-order valence-electron chi connectivity index (χ3n) is 2.02. The van der Waals surface area contributed by atoms with Crippen molar-refractivity contribution in [2.24, 2.45) is 0 Å². The summed E-state index contributed by atoms with van der Waals surface area (Å²) in [6.45, 7) is 3.46. The van der Waals surface area contributed by atoms with Gasteiger partial charge in [0.15, 0.2) is 11.6 Å². The van der Waals surface area contributed by atoms with Crippen molar-refractivity contribution in [2.75, 3.05) is 7.11 Å². The predicted molar refractivity (Wildman–Crippen MR) is 53.1 cm³/mol. The lowest BCUT2D eigenvalue weighted by Crippen LogP contribution is -2.05. The SMILES string of the molecule is COc1c(C)cc(CC(C)O)cc1F. The first-order chi connectivity index (χ1) is 6.54. The second kappa shape index (κ2) is 4.42. The number of aryl methyl sites for hydroxylation is 1. The van der Waals surface area contributed by atoms with Gasteiger partial charge in [0.05, 0.1) is 13.2 Å². The number of benzene rings is 1. The number of halogens is 1. The van der Waals surface area contributed by atoms with E-state index in [1.165, 1.54) is 13.2 Å². The van der Waals surface area contributed by atoms with Crippen LogP contribution in [-0.2, 0) is 6.42 Å². The van der Waals surface area contributed by atoms with E-state index in [9.17, 15) is 4.39 Å². The molecular formula is C11H15FO2. The lowest BCUT2D eigenvalue weighted by atomic mass is 10.1. The Kier molecular flexibility index (Phi) is 3.47. The molecule has 0 aliphatic heterocycles. The first-order valence-electron chi connectivity index (χ1n) is 4.55. The third kappa shape index (κ3) is 2.45. The van der Waals surface area contributed by atoms with E-state index >= 15 is 0 Å². The zero-order chi connectivity index (χ0) is 10.7. The van der Waals surface area contributed by atoms with E-state index in [2.05, 4.69) is 0 Å². The van der Waals surface area contributed by atoms with E-state index < -0.39 is 6.10 Å². The molecule has 2 nitrogen and oxygen atoms in total. The van der Waals surface area contributed by atoms with Crippen LogP contribution in [0.5, 0.6) is 5.75 Å². The van der Waals surface area contributed by atoms with Gasteiger partial charge in [0.25, 0.3) is 0 Å². The Balaban J connectivity index is 3.01. The molecule has 0 aromatic heterocycles. The number of hydrogen-bond donors (Lipinski definition) is 1. The van der Waals surface area contributed by atoms with Crippen LogP contribution in [0.3, 0.4) is 0 Å². The number of aliphatic hydroxyl groups excluding tert-OH is 1. The fraction of sp³-hybridized carbons (Fsp3) is 0.455. The summed E-state index contributed by atoms with van der Waals surface area (Å²) in [5.41, 5.74) is 1.54. The summed E-state index contributed by atoms with van der Waals surface area (Å²) in [6, 6.07) is 3.23. The van der Waals surface area contributed by atoms with Crippen molar-refractivity contribution < 1.29 is 14.2 Å². The Morgan fingerprint density at radius 3 is 2.57 bits per heavy atom. The number of methoxy groups -OCH3 is 1. The molecule has 0 aliphatic carbocycles. The molecule has 1 aromatic carbocycles. The molecule has 78 valence electrons. The second-order valence-corrected chi connectivity index (χ2v) is 3.48. The van der Waals surface area contributed by atoms with Crippen molar-refractivity contribution in [3.05, 3.63) is 29.1 Å². The van der Waals surface area contributed by atoms with Gasteiger partial charge in [-0.05, 0) is 37.5 Å². The van der Waals surface area contributed by atoms with Crippen molar-refractivity contribution in [1.82, 2.24) is 0 Å². The molecule has 0 spiro atoms. The molecule has 0 fully saturated rings. The van der Waals surface area contributed by atoms with E-state index in [4.69, 9.17) is 9.84 Å². The van der Waals surface area contributed by atoms with Crippen LogP contribution in [0.2, 0.25) is 0 Å². The highest BCUT2D eigenvalue weighted by atomic mass is 19.1. The smallest absolute Gasteiger partial charge is 0.165 e. The van der Waals surface area contributed by atoms with Crippen LogP contribution in [0.1, 0.15) is 18.1 Å². The van der Waals surface area contributed by atoms with Gasteiger partial charge in [-0.15, -0.1) is 0 Å². The number of aliphatic hydroxyl groups is 1. The Morgan fingerprint density at radius 1 is 1.50 bits per heavy atom. The van der Waals surface area contributed by atoms with Crippen LogP contribution in [-0.4, -0.2) is 18.3 Å². The molecule has 3 heteroatoms. The zero-order valence-electron chi connectivity index (χ0n) is 8.67. The van der Waals surface area contributed by atoms with E-state index in [0.29, 0.717) is 6.42 Å². The molecule has 0 radical (unpaired) electrons. The van der Waals surface area contributed by atoms with Crippen LogP contribution in [0, 0.1) is 12.7 Å². The van der Waals surface area contributed by atoms with Crippen LogP contribution in [0.4, 0.5) is 4.39 Å². The molecule has 0 aliphatic rings. The molecular weight excluding hydrogens is 183 g/mol.